The Balaban J connectivity index is 2.17. The van der Waals surface area contributed by atoms with Crippen molar-refractivity contribution in [1.29, 1.82) is 0 Å². The molecule has 0 spiro atoms. The van der Waals surface area contributed by atoms with Crippen LogP contribution in [-0.4, -0.2) is 12.8 Å². The summed E-state index contributed by atoms with van der Waals surface area (Å²) in [6.45, 7) is 2.29. The highest BCUT2D eigenvalue weighted by molar-refractivity contribution is 5.10. The summed E-state index contributed by atoms with van der Waals surface area (Å²) in [6.07, 6.45) is 6.64. The van der Waals surface area contributed by atoms with Gasteiger partial charge in [-0.2, -0.15) is 0 Å². The van der Waals surface area contributed by atoms with Crippen LogP contribution in [0.4, 0.5) is 0 Å². The van der Waals surface area contributed by atoms with Gasteiger partial charge in [0.15, 0.2) is 0 Å². The Labute approximate surface area is 71.8 Å². The minimum absolute atomic E-state index is 0.145. The Morgan fingerprint density at radius 2 is 2.42 bits per heavy atom. The molecule has 0 aromatic rings. The predicted octanol–water partition coefficient (Wildman–Crippen LogP) is 2.63. The molecule has 0 amide bonds. The lowest BCUT2D eigenvalue weighted by molar-refractivity contribution is 0.0455. The average Bonchev–Trinajstić information content (AvgIpc) is 2.06. The normalized spacial score (nSPS) is 26.1. The topological polar surface area (TPSA) is 58.0 Å². The molecule has 0 aromatic carbocycles. The predicted molar refractivity (Wildman–Crippen MR) is 46.4 cm³/mol. The Hall–Kier alpha value is -0.990. The molecular formula is C8H13N3O. The molecule has 1 rings (SSSR count). The summed E-state index contributed by atoms with van der Waals surface area (Å²) in [7, 11) is 0. The molecule has 4 heteroatoms. The van der Waals surface area contributed by atoms with Crippen molar-refractivity contribution in [3.63, 3.8) is 0 Å². The van der Waals surface area contributed by atoms with Crippen LogP contribution in [0.2, 0.25) is 0 Å². The van der Waals surface area contributed by atoms with Gasteiger partial charge in [-0.15, -0.1) is 0 Å². The lowest BCUT2D eigenvalue weighted by Crippen LogP contribution is -2.27. The van der Waals surface area contributed by atoms with Gasteiger partial charge in [0.05, 0.1) is 6.10 Å². The van der Waals surface area contributed by atoms with Crippen molar-refractivity contribution in [3.8, 4) is 0 Å². The van der Waals surface area contributed by atoms with Gasteiger partial charge in [0.2, 0.25) is 0 Å². The van der Waals surface area contributed by atoms with Crippen molar-refractivity contribution < 1.29 is 4.74 Å². The molecule has 1 aliphatic rings. The molecule has 0 saturated heterocycles. The van der Waals surface area contributed by atoms with Crippen LogP contribution in [0, 0.1) is 5.92 Å². The quantitative estimate of drug-likeness (QED) is 0.269. The van der Waals surface area contributed by atoms with Gasteiger partial charge in [-0.05, 0) is 12.0 Å². The molecule has 0 heterocycles. The van der Waals surface area contributed by atoms with Gasteiger partial charge in [0.1, 0.15) is 6.73 Å². The lowest BCUT2D eigenvalue weighted by atomic mass is 9.88. The van der Waals surface area contributed by atoms with Crippen LogP contribution in [0.25, 0.3) is 10.4 Å². The van der Waals surface area contributed by atoms with Crippen molar-refractivity contribution in [2.45, 2.75) is 25.9 Å². The van der Waals surface area contributed by atoms with Gasteiger partial charge in [-0.1, -0.05) is 30.6 Å². The monoisotopic (exact) mass is 167 g/mol. The maximum atomic E-state index is 8.00. The van der Waals surface area contributed by atoms with E-state index in [2.05, 4.69) is 23.0 Å². The summed E-state index contributed by atoms with van der Waals surface area (Å²) in [4.78, 5) is 2.61. The number of azide groups is 1. The molecule has 4 nitrogen and oxygen atoms in total. The molecule has 0 aliphatic heterocycles. The van der Waals surface area contributed by atoms with Gasteiger partial charge >= 0.3 is 0 Å². The SMILES string of the molecule is CCC[C@@H]1C=C[C@@H]1OCN=[N+]=[N-]. The van der Waals surface area contributed by atoms with E-state index in [0.29, 0.717) is 5.92 Å². The molecule has 0 N–H and O–H groups in total. The third-order valence-electron chi connectivity index (χ3n) is 1.98. The highest BCUT2D eigenvalue weighted by atomic mass is 16.5. The van der Waals surface area contributed by atoms with Crippen molar-refractivity contribution in [2.75, 3.05) is 6.73 Å². The van der Waals surface area contributed by atoms with Crippen LogP contribution in [0.5, 0.6) is 0 Å². The number of ether oxygens (including phenoxy) is 1. The van der Waals surface area contributed by atoms with E-state index in [1.165, 1.54) is 0 Å². The molecule has 0 fully saturated rings. The van der Waals surface area contributed by atoms with E-state index < -0.39 is 0 Å². The summed E-state index contributed by atoms with van der Waals surface area (Å²) < 4.78 is 5.28. The zero-order chi connectivity index (χ0) is 8.81. The number of nitrogens with zero attached hydrogens (tertiary/aromatic N) is 3. The Kier molecular flexibility index (Phi) is 3.64. The van der Waals surface area contributed by atoms with E-state index in [-0.39, 0.29) is 12.8 Å². The molecule has 0 bridgehead atoms. The van der Waals surface area contributed by atoms with Crippen LogP contribution in [-0.2, 0) is 4.74 Å². The highest BCUT2D eigenvalue weighted by Gasteiger charge is 2.23. The molecule has 66 valence electrons. The average molecular weight is 167 g/mol. The van der Waals surface area contributed by atoms with E-state index in [0.717, 1.165) is 12.8 Å². The first kappa shape index (κ1) is 9.10. The summed E-state index contributed by atoms with van der Waals surface area (Å²) in [5.74, 6) is 0.531. The molecule has 1 aliphatic carbocycles. The molecule has 0 unspecified atom stereocenters. The zero-order valence-electron chi connectivity index (χ0n) is 7.18. The number of hydrogen-bond acceptors (Lipinski definition) is 2. The van der Waals surface area contributed by atoms with Gasteiger partial charge in [-0.25, -0.2) is 0 Å². The summed E-state index contributed by atoms with van der Waals surface area (Å²) in [5.41, 5.74) is 8.00. The third kappa shape index (κ3) is 2.26. The summed E-state index contributed by atoms with van der Waals surface area (Å²) in [6, 6.07) is 0. The van der Waals surface area contributed by atoms with Crippen LogP contribution < -0.4 is 0 Å². The second-order valence-corrected chi connectivity index (χ2v) is 2.83. The summed E-state index contributed by atoms with van der Waals surface area (Å²) in [5, 5.41) is 3.31. The smallest absolute Gasteiger partial charge is 0.126 e. The first-order chi connectivity index (χ1) is 5.88. The number of hydrogen-bond donors (Lipinski definition) is 0. The van der Waals surface area contributed by atoms with Gasteiger partial charge in [0, 0.05) is 10.8 Å². The van der Waals surface area contributed by atoms with Crippen molar-refractivity contribution in [2.24, 2.45) is 11.0 Å². The first-order valence-corrected chi connectivity index (χ1v) is 4.19. The van der Waals surface area contributed by atoms with E-state index >= 15 is 0 Å². The molecule has 12 heavy (non-hydrogen) atoms. The minimum atomic E-state index is 0.145. The molecular weight excluding hydrogens is 154 g/mol. The molecule has 0 aromatic heterocycles. The second-order valence-electron chi connectivity index (χ2n) is 2.83. The lowest BCUT2D eigenvalue weighted by Gasteiger charge is -2.28. The number of rotatable bonds is 5. The van der Waals surface area contributed by atoms with E-state index in [1.54, 1.807) is 0 Å². The fraction of sp³-hybridized carbons (Fsp3) is 0.750. The Morgan fingerprint density at radius 1 is 1.58 bits per heavy atom. The summed E-state index contributed by atoms with van der Waals surface area (Å²) >= 11 is 0. The Bertz CT molecular complexity index is 208. The molecule has 0 radical (unpaired) electrons. The standard InChI is InChI=1S/C8H13N3O/c1-2-3-7-4-5-8(7)12-6-10-11-9/h4-5,7-8H,2-3,6H2,1H3/t7-,8+/m1/s1. The van der Waals surface area contributed by atoms with E-state index in [9.17, 15) is 0 Å². The largest absolute Gasteiger partial charge is 0.368 e. The molecule has 0 saturated carbocycles. The van der Waals surface area contributed by atoms with Gasteiger partial charge in [-0.3, -0.25) is 0 Å². The third-order valence-corrected chi connectivity index (χ3v) is 1.98. The maximum absolute atomic E-state index is 8.00. The van der Waals surface area contributed by atoms with Crippen molar-refractivity contribution in [1.82, 2.24) is 0 Å². The van der Waals surface area contributed by atoms with Gasteiger partial charge < -0.3 is 4.74 Å². The van der Waals surface area contributed by atoms with Crippen LogP contribution in [0.15, 0.2) is 17.3 Å². The van der Waals surface area contributed by atoms with E-state index in [4.69, 9.17) is 10.3 Å². The second kappa shape index (κ2) is 4.80. The van der Waals surface area contributed by atoms with E-state index in [1.807, 2.05) is 6.08 Å². The minimum Gasteiger partial charge on any atom is -0.368 e. The van der Waals surface area contributed by atoms with Crippen LogP contribution in [0.1, 0.15) is 19.8 Å². The Morgan fingerprint density at radius 3 is 2.92 bits per heavy atom. The van der Waals surface area contributed by atoms with Crippen LogP contribution >= 0.6 is 0 Å². The first-order valence-electron chi connectivity index (χ1n) is 4.19. The zero-order valence-corrected chi connectivity index (χ0v) is 7.18. The fourth-order valence-corrected chi connectivity index (χ4v) is 1.28. The van der Waals surface area contributed by atoms with Crippen LogP contribution in [0.3, 0.4) is 0 Å². The van der Waals surface area contributed by atoms with Crippen molar-refractivity contribution in [3.05, 3.63) is 22.6 Å². The fourth-order valence-electron chi connectivity index (χ4n) is 1.28. The van der Waals surface area contributed by atoms with Crippen molar-refractivity contribution >= 4 is 0 Å². The maximum Gasteiger partial charge on any atom is 0.126 e. The molecule has 2 atom stereocenters. The highest BCUT2D eigenvalue weighted by Crippen LogP contribution is 2.25. The van der Waals surface area contributed by atoms with Gasteiger partial charge in [0.25, 0.3) is 0 Å².